The number of esters is 2. The lowest BCUT2D eigenvalue weighted by atomic mass is 9.47. The van der Waals surface area contributed by atoms with Gasteiger partial charge in [0.25, 0.3) is 0 Å². The highest BCUT2D eigenvalue weighted by atomic mass is 19.1. The molecule has 1 aromatic carbocycles. The van der Waals surface area contributed by atoms with E-state index in [1.165, 1.54) is 18.3 Å². The average molecular weight is 674 g/mol. The number of carbonyl (C=O) groups is 2. The van der Waals surface area contributed by atoms with Crippen LogP contribution in [0.3, 0.4) is 0 Å². The molecule has 2 bridgehead atoms. The van der Waals surface area contributed by atoms with Crippen molar-refractivity contribution in [2.24, 2.45) is 28.6 Å². The second-order valence-electron chi connectivity index (χ2n) is 14.9. The van der Waals surface area contributed by atoms with Gasteiger partial charge in [-0.15, -0.1) is 0 Å². The average Bonchev–Trinajstić information content (AvgIpc) is 3.49. The summed E-state index contributed by atoms with van der Waals surface area (Å²) < 4.78 is 46.4. The first-order valence-corrected chi connectivity index (χ1v) is 17.0. The van der Waals surface area contributed by atoms with Crippen LogP contribution >= 0.6 is 0 Å². The van der Waals surface area contributed by atoms with Gasteiger partial charge in [0.05, 0.1) is 29.9 Å². The molecule has 1 unspecified atom stereocenters. The second-order valence-corrected chi connectivity index (χ2v) is 14.9. The lowest BCUT2D eigenvalue weighted by Gasteiger charge is -2.63. The minimum Gasteiger partial charge on any atom is -0.458 e. The van der Waals surface area contributed by atoms with Crippen LogP contribution in [-0.4, -0.2) is 71.0 Å². The third-order valence-corrected chi connectivity index (χ3v) is 11.8. The summed E-state index contributed by atoms with van der Waals surface area (Å²) in [5.74, 6) is -2.92. The van der Waals surface area contributed by atoms with Crippen molar-refractivity contribution < 1.29 is 42.8 Å². The van der Waals surface area contributed by atoms with Crippen molar-refractivity contribution in [3.63, 3.8) is 0 Å². The predicted octanol–water partition coefficient (Wildman–Crippen LogP) is 5.53. The lowest BCUT2D eigenvalue weighted by molar-refractivity contribution is -0.248. The molecule has 0 amide bonds. The summed E-state index contributed by atoms with van der Waals surface area (Å²) in [6.07, 6.45) is 3.04. The van der Waals surface area contributed by atoms with Crippen LogP contribution in [0, 0.1) is 34.4 Å². The number of benzene rings is 1. The van der Waals surface area contributed by atoms with Gasteiger partial charge < -0.3 is 28.8 Å². The molecule has 3 fully saturated rings. The van der Waals surface area contributed by atoms with E-state index in [2.05, 4.69) is 24.6 Å². The molecule has 9 nitrogen and oxygen atoms in total. The molecular formula is C39H44FNO8. The Morgan fingerprint density at radius 1 is 1.14 bits per heavy atom. The largest absolute Gasteiger partial charge is 0.458 e. The van der Waals surface area contributed by atoms with E-state index in [-0.39, 0.29) is 30.6 Å². The minimum absolute atomic E-state index is 0.0411. The van der Waals surface area contributed by atoms with Crippen LogP contribution in [0.2, 0.25) is 0 Å². The van der Waals surface area contributed by atoms with E-state index in [1.807, 2.05) is 32.9 Å². The SMILES string of the molecule is C=C[C@@H]1O[C@@H]2C3=C(C)[C@@H](OC(=O)[C@H](C)Cc4ncccc4F)C[C@@](O)([C@@H](OC(=O)c4ccccc4)C4[C@@H]5CO[C@@H]5C=C[C@@]4(C)[C@@H]2O1)C3(C)C. The van der Waals surface area contributed by atoms with Gasteiger partial charge in [-0.2, -0.15) is 0 Å². The van der Waals surface area contributed by atoms with Gasteiger partial charge in [0, 0.05) is 41.7 Å². The molecule has 3 aliphatic carbocycles. The van der Waals surface area contributed by atoms with E-state index in [1.54, 1.807) is 37.3 Å². The van der Waals surface area contributed by atoms with Gasteiger partial charge in [-0.05, 0) is 48.4 Å². The quantitative estimate of drug-likeness (QED) is 0.300. The molecule has 5 aliphatic rings. The Morgan fingerprint density at radius 3 is 2.57 bits per heavy atom. The molecule has 1 saturated carbocycles. The lowest BCUT2D eigenvalue weighted by Crippen LogP contribution is -2.72. The maximum Gasteiger partial charge on any atom is 0.338 e. The molecule has 2 saturated heterocycles. The third-order valence-electron chi connectivity index (χ3n) is 11.8. The Bertz CT molecular complexity index is 1710. The Hall–Kier alpha value is -3.70. The van der Waals surface area contributed by atoms with Crippen molar-refractivity contribution in [2.45, 2.75) is 89.9 Å². The van der Waals surface area contributed by atoms with Crippen LogP contribution in [0.15, 0.2) is 84.6 Å². The Balaban J connectivity index is 1.35. The number of carbonyl (C=O) groups excluding carboxylic acids is 2. The number of aromatic nitrogens is 1. The predicted molar refractivity (Wildman–Crippen MR) is 176 cm³/mol. The van der Waals surface area contributed by atoms with Crippen LogP contribution in [0.4, 0.5) is 4.39 Å². The van der Waals surface area contributed by atoms with E-state index in [4.69, 9.17) is 23.7 Å². The Labute approximate surface area is 286 Å². The molecule has 7 rings (SSSR count). The maximum atomic E-state index is 14.5. The normalized spacial score (nSPS) is 37.7. The fourth-order valence-corrected chi connectivity index (χ4v) is 9.00. The summed E-state index contributed by atoms with van der Waals surface area (Å²) in [4.78, 5) is 31.8. The topological polar surface area (TPSA) is 113 Å². The highest BCUT2D eigenvalue weighted by Gasteiger charge is 2.71. The summed E-state index contributed by atoms with van der Waals surface area (Å²) in [5.41, 5.74) is -1.59. The van der Waals surface area contributed by atoms with Gasteiger partial charge >= 0.3 is 11.9 Å². The summed E-state index contributed by atoms with van der Waals surface area (Å²) in [5, 5.41) is 13.4. The Kier molecular flexibility index (Phi) is 8.45. The van der Waals surface area contributed by atoms with Crippen molar-refractivity contribution in [3.05, 3.63) is 102 Å². The number of ether oxygens (including phenoxy) is 5. The third kappa shape index (κ3) is 5.30. The number of nitrogens with zero attached hydrogens (tertiary/aromatic N) is 1. The maximum absolute atomic E-state index is 14.5. The van der Waals surface area contributed by atoms with Gasteiger partial charge in [0.1, 0.15) is 35.8 Å². The molecule has 10 heteroatoms. The highest BCUT2D eigenvalue weighted by molar-refractivity contribution is 5.89. The smallest absolute Gasteiger partial charge is 0.338 e. The molecule has 260 valence electrons. The van der Waals surface area contributed by atoms with E-state index in [9.17, 15) is 19.1 Å². The van der Waals surface area contributed by atoms with Crippen molar-refractivity contribution in [1.82, 2.24) is 4.98 Å². The number of pyridine rings is 1. The molecule has 2 aromatic rings. The first-order chi connectivity index (χ1) is 23.3. The minimum atomic E-state index is -1.74. The monoisotopic (exact) mass is 673 g/mol. The van der Waals surface area contributed by atoms with Crippen molar-refractivity contribution in [3.8, 4) is 0 Å². The van der Waals surface area contributed by atoms with Gasteiger partial charge in [-0.25, -0.2) is 9.18 Å². The number of hydrogen-bond acceptors (Lipinski definition) is 9. The van der Waals surface area contributed by atoms with E-state index < -0.39 is 76.7 Å². The molecule has 0 spiro atoms. The zero-order chi connectivity index (χ0) is 34.9. The van der Waals surface area contributed by atoms with E-state index >= 15 is 0 Å². The van der Waals surface area contributed by atoms with E-state index in [0.717, 1.165) is 11.1 Å². The molecule has 0 radical (unpaired) electrons. The fourth-order valence-electron chi connectivity index (χ4n) is 9.00. The zero-order valence-electron chi connectivity index (χ0n) is 28.5. The zero-order valence-corrected chi connectivity index (χ0v) is 28.5. The second kappa shape index (κ2) is 12.3. The Morgan fingerprint density at radius 2 is 1.90 bits per heavy atom. The van der Waals surface area contributed by atoms with Gasteiger partial charge in [0.2, 0.25) is 0 Å². The van der Waals surface area contributed by atoms with Crippen LogP contribution in [0.25, 0.3) is 0 Å². The first kappa shape index (κ1) is 33.8. The van der Waals surface area contributed by atoms with Crippen molar-refractivity contribution >= 4 is 11.9 Å². The molecule has 11 atom stereocenters. The molecule has 3 heterocycles. The summed E-state index contributed by atoms with van der Waals surface area (Å²) in [6.45, 7) is 13.8. The number of hydrogen-bond donors (Lipinski definition) is 1. The summed E-state index contributed by atoms with van der Waals surface area (Å²) >= 11 is 0. The highest BCUT2D eigenvalue weighted by Crippen LogP contribution is 2.63. The van der Waals surface area contributed by atoms with Crippen LogP contribution in [0.5, 0.6) is 0 Å². The first-order valence-electron chi connectivity index (χ1n) is 17.0. The number of aliphatic hydroxyl groups is 1. The number of fused-ring (bicyclic) bond motifs is 8. The van der Waals surface area contributed by atoms with Gasteiger partial charge in [-0.3, -0.25) is 9.78 Å². The molecular weight excluding hydrogens is 629 g/mol. The summed E-state index contributed by atoms with van der Waals surface area (Å²) in [7, 11) is 0. The molecule has 2 aliphatic heterocycles. The fraction of sp³-hybridized carbons (Fsp3) is 0.513. The molecule has 1 aromatic heterocycles. The van der Waals surface area contributed by atoms with E-state index in [0.29, 0.717) is 12.2 Å². The standard InChI is InChI=1S/C39H44FNO8/c1-7-29-47-32-30-22(3)28(46-35(42)21(2)18-26-25(40)14-11-17-41-26)19-39(44,37(30,4)5)33(49-36(43)23-12-9-8-10-13-23)31-24-20-45-27(24)15-16-38(31,6)34(32)48-29/h7-17,21,24,27-29,31-34,44H,1,18-20H2,2-6H3/t21-,24-,27-,28+,29-,31?,32-,33+,34-,38-,39-/m1/s1. The molecule has 49 heavy (non-hydrogen) atoms. The van der Waals surface area contributed by atoms with Crippen molar-refractivity contribution in [2.75, 3.05) is 6.61 Å². The van der Waals surface area contributed by atoms with Crippen LogP contribution in [-0.2, 0) is 34.9 Å². The number of rotatable bonds is 7. The summed E-state index contributed by atoms with van der Waals surface area (Å²) in [6, 6.07) is 11.5. The van der Waals surface area contributed by atoms with Gasteiger partial charge in [-0.1, -0.05) is 64.6 Å². The number of halogens is 1. The van der Waals surface area contributed by atoms with Gasteiger partial charge in [0.15, 0.2) is 6.29 Å². The van der Waals surface area contributed by atoms with Crippen molar-refractivity contribution in [1.29, 1.82) is 0 Å². The molecule has 1 N–H and O–H groups in total. The van der Waals surface area contributed by atoms with Crippen LogP contribution < -0.4 is 0 Å². The van der Waals surface area contributed by atoms with Crippen LogP contribution in [0.1, 0.15) is 57.1 Å².